The third kappa shape index (κ3) is 1.54. The minimum Gasteiger partial charge on any atom is -0.368 e. The molecule has 2 aliphatic heterocycles. The van der Waals surface area contributed by atoms with Crippen molar-refractivity contribution in [1.82, 2.24) is 0 Å². The van der Waals surface area contributed by atoms with Gasteiger partial charge in [0.15, 0.2) is 0 Å². The van der Waals surface area contributed by atoms with E-state index in [4.69, 9.17) is 5.73 Å². The second-order valence-corrected chi connectivity index (χ2v) is 4.53. The Morgan fingerprint density at radius 3 is 3.12 bits per heavy atom. The van der Waals surface area contributed by atoms with Gasteiger partial charge in [-0.05, 0) is 12.1 Å². The molecule has 2 heterocycles. The fraction of sp³-hybridized carbons (Fsp3) is 0.333. The SMILES string of the molecule is NC(=O)CN1CC2CC(=O)Nc3cccc1c32. The highest BCUT2D eigenvalue weighted by atomic mass is 16.2. The average Bonchev–Trinajstić information content (AvgIpc) is 2.57. The zero-order valence-electron chi connectivity index (χ0n) is 9.27. The largest absolute Gasteiger partial charge is 0.368 e. The van der Waals surface area contributed by atoms with Gasteiger partial charge in [0.05, 0.1) is 6.54 Å². The van der Waals surface area contributed by atoms with Crippen molar-refractivity contribution in [3.05, 3.63) is 23.8 Å². The van der Waals surface area contributed by atoms with E-state index in [-0.39, 0.29) is 24.3 Å². The number of amides is 2. The average molecular weight is 231 g/mol. The van der Waals surface area contributed by atoms with Crippen LogP contribution in [0, 0.1) is 0 Å². The molecular weight excluding hydrogens is 218 g/mol. The van der Waals surface area contributed by atoms with Crippen LogP contribution >= 0.6 is 0 Å². The first-order chi connectivity index (χ1) is 8.15. The highest BCUT2D eigenvalue weighted by Crippen LogP contribution is 2.44. The Morgan fingerprint density at radius 1 is 1.53 bits per heavy atom. The molecule has 17 heavy (non-hydrogen) atoms. The number of anilines is 2. The number of primary amides is 1. The first-order valence-electron chi connectivity index (χ1n) is 5.61. The number of rotatable bonds is 2. The second-order valence-electron chi connectivity index (χ2n) is 4.53. The van der Waals surface area contributed by atoms with Crippen molar-refractivity contribution >= 4 is 23.2 Å². The van der Waals surface area contributed by atoms with Gasteiger partial charge in [-0.1, -0.05) is 6.07 Å². The Hall–Kier alpha value is -2.04. The number of nitrogens with two attached hydrogens (primary N) is 1. The third-order valence-electron chi connectivity index (χ3n) is 3.33. The van der Waals surface area contributed by atoms with E-state index in [2.05, 4.69) is 5.32 Å². The fourth-order valence-electron chi connectivity index (χ4n) is 2.75. The highest BCUT2D eigenvalue weighted by Gasteiger charge is 2.35. The van der Waals surface area contributed by atoms with E-state index in [0.29, 0.717) is 13.0 Å². The van der Waals surface area contributed by atoms with Crippen molar-refractivity contribution in [2.45, 2.75) is 12.3 Å². The fourth-order valence-corrected chi connectivity index (χ4v) is 2.75. The van der Waals surface area contributed by atoms with Crippen molar-refractivity contribution in [2.24, 2.45) is 5.73 Å². The molecule has 5 nitrogen and oxygen atoms in total. The van der Waals surface area contributed by atoms with Gasteiger partial charge in [-0.15, -0.1) is 0 Å². The molecule has 0 bridgehead atoms. The third-order valence-corrected chi connectivity index (χ3v) is 3.33. The summed E-state index contributed by atoms with van der Waals surface area (Å²) in [7, 11) is 0. The summed E-state index contributed by atoms with van der Waals surface area (Å²) in [6, 6.07) is 5.76. The zero-order valence-corrected chi connectivity index (χ0v) is 9.27. The van der Waals surface area contributed by atoms with Crippen LogP contribution in [0.2, 0.25) is 0 Å². The molecule has 0 fully saturated rings. The van der Waals surface area contributed by atoms with E-state index < -0.39 is 0 Å². The summed E-state index contributed by atoms with van der Waals surface area (Å²) in [4.78, 5) is 24.5. The highest BCUT2D eigenvalue weighted by molar-refractivity contribution is 5.97. The molecule has 0 saturated carbocycles. The molecule has 0 aromatic heterocycles. The standard InChI is InChI=1S/C12H13N3O2/c13-10(16)6-15-5-7-4-11(17)14-8-2-1-3-9(15)12(7)8/h1-3,7H,4-6H2,(H2,13,16)(H,14,17). The van der Waals surface area contributed by atoms with Gasteiger partial charge >= 0.3 is 0 Å². The van der Waals surface area contributed by atoms with Crippen molar-refractivity contribution in [2.75, 3.05) is 23.3 Å². The summed E-state index contributed by atoms with van der Waals surface area (Å²) in [6.45, 7) is 0.907. The number of nitrogens with one attached hydrogen (secondary N) is 1. The molecule has 3 rings (SSSR count). The minimum atomic E-state index is -0.347. The van der Waals surface area contributed by atoms with Crippen LogP contribution in [0.1, 0.15) is 17.9 Å². The van der Waals surface area contributed by atoms with Gasteiger partial charge in [-0.25, -0.2) is 0 Å². The normalized spacial score (nSPS) is 21.1. The molecule has 5 heteroatoms. The molecule has 0 saturated heterocycles. The Kier molecular flexibility index (Phi) is 2.07. The second kappa shape index (κ2) is 3.48. The lowest BCUT2D eigenvalue weighted by atomic mass is 9.92. The van der Waals surface area contributed by atoms with Crippen LogP contribution in [0.25, 0.3) is 0 Å². The number of carbonyl (C=O) groups excluding carboxylic acids is 2. The van der Waals surface area contributed by atoms with Crippen LogP contribution in [0.5, 0.6) is 0 Å². The van der Waals surface area contributed by atoms with Crippen LogP contribution in [0.15, 0.2) is 18.2 Å². The van der Waals surface area contributed by atoms with Crippen molar-refractivity contribution < 1.29 is 9.59 Å². The topological polar surface area (TPSA) is 75.4 Å². The van der Waals surface area contributed by atoms with Gasteiger partial charge in [0.25, 0.3) is 0 Å². The molecule has 1 aromatic carbocycles. The van der Waals surface area contributed by atoms with Crippen molar-refractivity contribution in [3.8, 4) is 0 Å². The number of nitrogens with zero attached hydrogens (tertiary/aromatic N) is 1. The Morgan fingerprint density at radius 2 is 2.35 bits per heavy atom. The summed E-state index contributed by atoms with van der Waals surface area (Å²) in [5.74, 6) is -0.115. The Bertz CT molecular complexity index is 512. The van der Waals surface area contributed by atoms with Gasteiger partial charge in [-0.2, -0.15) is 0 Å². The number of carbonyl (C=O) groups is 2. The predicted octanol–water partition coefficient (Wildman–Crippen LogP) is 0.418. The lowest BCUT2D eigenvalue weighted by Gasteiger charge is -2.20. The van der Waals surface area contributed by atoms with Gasteiger partial charge < -0.3 is 16.0 Å². The van der Waals surface area contributed by atoms with Crippen LogP contribution in [-0.2, 0) is 9.59 Å². The maximum absolute atomic E-state index is 11.5. The summed E-state index contributed by atoms with van der Waals surface area (Å²) < 4.78 is 0. The smallest absolute Gasteiger partial charge is 0.236 e. The molecule has 0 radical (unpaired) electrons. The molecule has 3 N–H and O–H groups in total. The van der Waals surface area contributed by atoms with Crippen LogP contribution in [0.4, 0.5) is 11.4 Å². The van der Waals surface area contributed by atoms with Crippen LogP contribution in [0.3, 0.4) is 0 Å². The molecule has 1 unspecified atom stereocenters. The summed E-state index contributed by atoms with van der Waals surface area (Å²) >= 11 is 0. The van der Waals surface area contributed by atoms with Crippen molar-refractivity contribution in [3.63, 3.8) is 0 Å². The summed E-state index contributed by atoms with van der Waals surface area (Å²) in [5.41, 5.74) is 8.27. The van der Waals surface area contributed by atoms with E-state index in [9.17, 15) is 9.59 Å². The lowest BCUT2D eigenvalue weighted by molar-refractivity contribution is -0.117. The first-order valence-corrected chi connectivity index (χ1v) is 5.61. The van der Waals surface area contributed by atoms with E-state index in [1.165, 1.54) is 0 Å². The maximum Gasteiger partial charge on any atom is 0.236 e. The molecule has 0 aliphatic carbocycles. The summed E-state index contributed by atoms with van der Waals surface area (Å²) in [5, 5.41) is 2.86. The predicted molar refractivity (Wildman–Crippen MR) is 63.8 cm³/mol. The van der Waals surface area contributed by atoms with E-state index in [1.807, 2.05) is 23.1 Å². The van der Waals surface area contributed by atoms with Crippen LogP contribution < -0.4 is 16.0 Å². The monoisotopic (exact) mass is 231 g/mol. The number of hydrogen-bond acceptors (Lipinski definition) is 3. The molecule has 0 spiro atoms. The lowest BCUT2D eigenvalue weighted by Crippen LogP contribution is -2.33. The maximum atomic E-state index is 11.5. The minimum absolute atomic E-state index is 0.0422. The van der Waals surface area contributed by atoms with E-state index in [1.54, 1.807) is 0 Å². The van der Waals surface area contributed by atoms with Gasteiger partial charge in [-0.3, -0.25) is 9.59 Å². The zero-order chi connectivity index (χ0) is 12.0. The van der Waals surface area contributed by atoms with Crippen molar-refractivity contribution in [1.29, 1.82) is 0 Å². The van der Waals surface area contributed by atoms with Gasteiger partial charge in [0, 0.05) is 35.8 Å². The molecule has 88 valence electrons. The molecule has 2 amide bonds. The van der Waals surface area contributed by atoms with E-state index in [0.717, 1.165) is 16.9 Å². The molecule has 2 aliphatic rings. The van der Waals surface area contributed by atoms with E-state index >= 15 is 0 Å². The number of hydrogen-bond donors (Lipinski definition) is 2. The van der Waals surface area contributed by atoms with Gasteiger partial charge in [0.1, 0.15) is 0 Å². The first kappa shape index (κ1) is 10.1. The van der Waals surface area contributed by atoms with Gasteiger partial charge in [0.2, 0.25) is 11.8 Å². The summed E-state index contributed by atoms with van der Waals surface area (Å²) in [6.07, 6.45) is 0.485. The molecule has 1 atom stereocenters. The Labute approximate surface area is 98.6 Å². The number of benzene rings is 1. The van der Waals surface area contributed by atoms with Crippen LogP contribution in [-0.4, -0.2) is 24.9 Å². The Balaban J connectivity index is 2.03. The quantitative estimate of drug-likeness (QED) is 0.774. The molecular formula is C12H13N3O2. The molecule has 1 aromatic rings.